The lowest BCUT2D eigenvalue weighted by atomic mass is 9.93. The Hall–Kier alpha value is -1.35. The summed E-state index contributed by atoms with van der Waals surface area (Å²) in [7, 11) is 0. The molecule has 2 saturated heterocycles. The maximum atomic E-state index is 12.2. The van der Waals surface area contributed by atoms with E-state index >= 15 is 0 Å². The molecule has 3 atom stereocenters. The molecule has 3 nitrogen and oxygen atoms in total. The molecular weight excluding hydrogens is 344 g/mol. The predicted octanol–water partition coefficient (Wildman–Crippen LogP) is 5.64. The van der Waals surface area contributed by atoms with Gasteiger partial charge in [0, 0.05) is 12.6 Å². The quantitative estimate of drug-likeness (QED) is 0.389. The third-order valence-corrected chi connectivity index (χ3v) is 6.32. The Morgan fingerprint density at radius 3 is 2.71 bits per heavy atom. The van der Waals surface area contributed by atoms with Gasteiger partial charge >= 0.3 is 0 Å². The zero-order valence-electron chi connectivity index (χ0n) is 18.7. The first-order chi connectivity index (χ1) is 13.5. The average molecular weight is 387 g/mol. The van der Waals surface area contributed by atoms with Gasteiger partial charge in [0.25, 0.3) is 0 Å². The monoisotopic (exact) mass is 386 g/mol. The van der Waals surface area contributed by atoms with Gasteiger partial charge in [-0.1, -0.05) is 42.7 Å². The number of piperidine rings is 1. The number of allylic oxidation sites excluding steroid dienone is 5. The van der Waals surface area contributed by atoms with Crippen LogP contribution in [0.25, 0.3) is 0 Å². The highest BCUT2D eigenvalue weighted by atomic mass is 16.1. The molecule has 3 heteroatoms. The third-order valence-electron chi connectivity index (χ3n) is 6.32. The minimum Gasteiger partial charge on any atom is -0.352 e. The lowest BCUT2D eigenvalue weighted by Crippen LogP contribution is -2.40. The maximum absolute atomic E-state index is 12.2. The summed E-state index contributed by atoms with van der Waals surface area (Å²) in [6.45, 7) is 12.1. The Balaban J connectivity index is 1.61. The van der Waals surface area contributed by atoms with Crippen molar-refractivity contribution in [3.8, 4) is 0 Å². The number of carbonyl (C=O) groups excluding carboxylic acids is 1. The normalized spacial score (nSPS) is 24.2. The summed E-state index contributed by atoms with van der Waals surface area (Å²) in [4.78, 5) is 14.8. The van der Waals surface area contributed by atoms with Crippen molar-refractivity contribution in [3.63, 3.8) is 0 Å². The molecule has 0 saturated carbocycles. The molecule has 0 aromatic rings. The van der Waals surface area contributed by atoms with Gasteiger partial charge in [-0.3, -0.25) is 4.79 Å². The number of hydrogen-bond acceptors (Lipinski definition) is 2. The van der Waals surface area contributed by atoms with Crippen molar-refractivity contribution in [2.75, 3.05) is 19.6 Å². The number of hydrogen-bond donors (Lipinski definition) is 1. The second-order valence-corrected chi connectivity index (χ2v) is 9.18. The number of fused-ring (bicyclic) bond motifs is 1. The fraction of sp³-hybridized carbons (Fsp3) is 0.720. The summed E-state index contributed by atoms with van der Waals surface area (Å²) in [6, 6.07) is 0.712. The van der Waals surface area contributed by atoms with E-state index in [1.165, 1.54) is 49.9 Å². The molecule has 2 fully saturated rings. The molecule has 0 unspecified atom stereocenters. The van der Waals surface area contributed by atoms with Gasteiger partial charge in [-0.15, -0.1) is 0 Å². The van der Waals surface area contributed by atoms with Gasteiger partial charge in [-0.25, -0.2) is 0 Å². The Labute approximate surface area is 173 Å². The van der Waals surface area contributed by atoms with Gasteiger partial charge in [-0.2, -0.15) is 0 Å². The zero-order chi connectivity index (χ0) is 20.4. The van der Waals surface area contributed by atoms with Crippen LogP contribution in [0, 0.1) is 11.8 Å². The summed E-state index contributed by atoms with van der Waals surface area (Å²) >= 11 is 0. The lowest BCUT2D eigenvalue weighted by Gasteiger charge is -2.32. The van der Waals surface area contributed by atoms with Crippen LogP contribution < -0.4 is 5.32 Å². The first-order valence-corrected chi connectivity index (χ1v) is 11.4. The minimum atomic E-state index is 0.0783. The van der Waals surface area contributed by atoms with Gasteiger partial charge in [0.2, 0.25) is 5.91 Å². The summed E-state index contributed by atoms with van der Waals surface area (Å²) in [6.07, 6.45) is 18.2. The molecule has 0 radical (unpaired) electrons. The molecule has 2 heterocycles. The van der Waals surface area contributed by atoms with Gasteiger partial charge in [0.1, 0.15) is 0 Å². The molecule has 1 amide bonds. The predicted molar refractivity (Wildman–Crippen MR) is 120 cm³/mol. The Morgan fingerprint density at radius 1 is 1.11 bits per heavy atom. The molecule has 2 aliphatic heterocycles. The van der Waals surface area contributed by atoms with Crippen LogP contribution in [0.4, 0.5) is 0 Å². The number of amides is 1. The van der Waals surface area contributed by atoms with E-state index in [1.807, 2.05) is 0 Å². The number of rotatable bonds is 10. The van der Waals surface area contributed by atoms with Crippen LogP contribution in [0.3, 0.4) is 0 Å². The first kappa shape index (κ1) is 22.9. The Morgan fingerprint density at radius 2 is 1.93 bits per heavy atom. The number of nitrogens with one attached hydrogen (secondary N) is 1. The van der Waals surface area contributed by atoms with E-state index in [0.717, 1.165) is 32.2 Å². The van der Waals surface area contributed by atoms with Gasteiger partial charge in [-0.05, 0) is 96.7 Å². The SMILES string of the molecule is CC(C)=CCC/C(C)=C/CC[C@@H](C)/C=C/C(=O)NC[C@H]1CCN2CCCC[C@@H]12. The van der Waals surface area contributed by atoms with E-state index in [1.54, 1.807) is 6.08 Å². The van der Waals surface area contributed by atoms with Gasteiger partial charge < -0.3 is 10.2 Å². The molecule has 0 bridgehead atoms. The van der Waals surface area contributed by atoms with E-state index in [2.05, 4.69) is 56.1 Å². The van der Waals surface area contributed by atoms with Crippen molar-refractivity contribution in [2.45, 2.75) is 85.1 Å². The second kappa shape index (κ2) is 12.3. The summed E-state index contributed by atoms with van der Waals surface area (Å²) in [5.41, 5.74) is 2.87. The molecular formula is C25H42N2O. The van der Waals surface area contributed by atoms with Crippen molar-refractivity contribution in [1.82, 2.24) is 10.2 Å². The van der Waals surface area contributed by atoms with E-state index in [9.17, 15) is 4.79 Å². The highest BCUT2D eigenvalue weighted by Crippen LogP contribution is 2.31. The summed E-state index contributed by atoms with van der Waals surface area (Å²) in [5.74, 6) is 1.16. The zero-order valence-corrected chi connectivity index (χ0v) is 18.7. The van der Waals surface area contributed by atoms with E-state index < -0.39 is 0 Å². The van der Waals surface area contributed by atoms with Crippen molar-refractivity contribution < 1.29 is 4.79 Å². The first-order valence-electron chi connectivity index (χ1n) is 11.4. The van der Waals surface area contributed by atoms with Crippen molar-refractivity contribution >= 4 is 5.91 Å². The summed E-state index contributed by atoms with van der Waals surface area (Å²) in [5, 5.41) is 3.15. The van der Waals surface area contributed by atoms with Crippen molar-refractivity contribution in [3.05, 3.63) is 35.5 Å². The number of carbonyl (C=O) groups is 1. The van der Waals surface area contributed by atoms with Crippen molar-refractivity contribution in [1.29, 1.82) is 0 Å². The fourth-order valence-corrected chi connectivity index (χ4v) is 4.51. The van der Waals surface area contributed by atoms with E-state index in [4.69, 9.17) is 0 Å². The van der Waals surface area contributed by atoms with E-state index in [0.29, 0.717) is 17.9 Å². The lowest BCUT2D eigenvalue weighted by molar-refractivity contribution is -0.116. The Kier molecular flexibility index (Phi) is 10.0. The number of nitrogens with zero attached hydrogens (tertiary/aromatic N) is 1. The molecule has 0 aromatic heterocycles. The summed E-state index contributed by atoms with van der Waals surface area (Å²) < 4.78 is 0. The van der Waals surface area contributed by atoms with Crippen LogP contribution in [0.2, 0.25) is 0 Å². The second-order valence-electron chi connectivity index (χ2n) is 9.18. The Bertz CT molecular complexity index is 571. The third kappa shape index (κ3) is 8.34. The van der Waals surface area contributed by atoms with Crippen LogP contribution in [0.1, 0.15) is 79.1 Å². The van der Waals surface area contributed by atoms with Crippen LogP contribution in [0.5, 0.6) is 0 Å². The molecule has 1 N–H and O–H groups in total. The molecule has 0 aromatic carbocycles. The highest BCUT2D eigenvalue weighted by molar-refractivity contribution is 5.87. The fourth-order valence-electron chi connectivity index (χ4n) is 4.51. The van der Waals surface area contributed by atoms with Crippen LogP contribution in [-0.4, -0.2) is 36.5 Å². The molecule has 0 aliphatic carbocycles. The van der Waals surface area contributed by atoms with Gasteiger partial charge in [0.05, 0.1) is 0 Å². The van der Waals surface area contributed by atoms with Gasteiger partial charge in [0.15, 0.2) is 0 Å². The molecule has 0 spiro atoms. The molecule has 158 valence electrons. The average Bonchev–Trinajstić information content (AvgIpc) is 3.07. The topological polar surface area (TPSA) is 32.3 Å². The van der Waals surface area contributed by atoms with Crippen LogP contribution in [0.15, 0.2) is 35.5 Å². The largest absolute Gasteiger partial charge is 0.352 e. The smallest absolute Gasteiger partial charge is 0.243 e. The molecule has 2 aliphatic rings. The molecule has 2 rings (SSSR count). The van der Waals surface area contributed by atoms with Crippen molar-refractivity contribution in [2.24, 2.45) is 11.8 Å². The van der Waals surface area contributed by atoms with E-state index in [-0.39, 0.29) is 5.91 Å². The highest BCUT2D eigenvalue weighted by Gasteiger charge is 2.35. The van der Waals surface area contributed by atoms with Crippen LogP contribution >= 0.6 is 0 Å². The standard InChI is InChI=1S/C25H42N2O/c1-20(2)9-7-10-21(3)11-8-12-22(4)14-15-25(28)26-19-23-16-18-27-17-6-5-13-24(23)27/h9,11,14-15,22-24H,5-8,10,12-13,16-19H2,1-4H3,(H,26,28)/b15-14+,21-11+/t22-,23-,24+/m1/s1. The maximum Gasteiger partial charge on any atom is 0.243 e. The van der Waals surface area contributed by atoms with Crippen LogP contribution in [-0.2, 0) is 4.79 Å². The minimum absolute atomic E-state index is 0.0783. The molecule has 28 heavy (non-hydrogen) atoms.